The fraction of sp³-hybridized carbons (Fsp3) is 0.600. The van der Waals surface area contributed by atoms with Crippen LogP contribution in [0.3, 0.4) is 0 Å². The van der Waals surface area contributed by atoms with Crippen LogP contribution in [-0.2, 0) is 9.59 Å². The number of nitrogens with zero attached hydrogens (tertiary/aromatic N) is 1. The zero-order valence-corrected chi connectivity index (χ0v) is 15.9. The van der Waals surface area contributed by atoms with Gasteiger partial charge in [0.15, 0.2) is 0 Å². The molecule has 1 aromatic rings. The topological polar surface area (TPSA) is 58.6 Å². The Kier molecular flexibility index (Phi) is 5.01. The number of piperidine rings is 1. The van der Waals surface area contributed by atoms with Crippen molar-refractivity contribution < 1.29 is 18.7 Å². The van der Waals surface area contributed by atoms with E-state index in [1.165, 1.54) is 12.1 Å². The molecule has 0 unspecified atom stereocenters. The summed E-state index contributed by atoms with van der Waals surface area (Å²) in [5.41, 5.74) is -0.0992. The molecule has 0 aromatic heterocycles. The molecule has 1 aliphatic carbocycles. The summed E-state index contributed by atoms with van der Waals surface area (Å²) < 4.78 is 18.8. The van der Waals surface area contributed by atoms with Crippen molar-refractivity contribution in [1.29, 1.82) is 0 Å². The Morgan fingerprint density at radius 3 is 2.70 bits per heavy atom. The van der Waals surface area contributed by atoms with Crippen molar-refractivity contribution in [2.24, 2.45) is 11.8 Å². The fourth-order valence-electron chi connectivity index (χ4n) is 4.52. The molecule has 1 aromatic carbocycles. The first-order chi connectivity index (χ1) is 12.9. The molecule has 1 spiro atoms. The predicted octanol–water partition coefficient (Wildman–Crippen LogP) is 3.16. The second-order valence-corrected chi connectivity index (χ2v) is 8.50. The lowest BCUT2D eigenvalue weighted by Crippen LogP contribution is -2.57. The first kappa shape index (κ1) is 18.5. The summed E-state index contributed by atoms with van der Waals surface area (Å²) in [4.78, 5) is 26.1. The standard InChI is InChI=1S/C20H24ClFN2O3/c21-16-9-15(22)1-2-17(16)27-12-13-4-7-24(8-5-13)19(26)14-10-20(11-14)6-3-18(25)23-20/h1-2,9,13-14H,3-8,10-12H2,(H,23,25). The van der Waals surface area contributed by atoms with Crippen molar-refractivity contribution in [2.75, 3.05) is 19.7 Å². The van der Waals surface area contributed by atoms with Gasteiger partial charge in [0.25, 0.3) is 0 Å². The molecule has 0 atom stereocenters. The van der Waals surface area contributed by atoms with Crippen LogP contribution in [0.5, 0.6) is 5.75 Å². The smallest absolute Gasteiger partial charge is 0.225 e. The second-order valence-electron chi connectivity index (χ2n) is 8.09. The minimum atomic E-state index is -0.380. The van der Waals surface area contributed by atoms with Gasteiger partial charge >= 0.3 is 0 Å². The Labute approximate surface area is 163 Å². The van der Waals surface area contributed by atoms with Gasteiger partial charge in [0.2, 0.25) is 11.8 Å². The number of carbonyl (C=O) groups excluding carboxylic acids is 2. The van der Waals surface area contributed by atoms with E-state index in [1.54, 1.807) is 6.07 Å². The lowest BCUT2D eigenvalue weighted by atomic mass is 9.67. The van der Waals surface area contributed by atoms with E-state index in [2.05, 4.69) is 5.32 Å². The molecule has 0 bridgehead atoms. The summed E-state index contributed by atoms with van der Waals surface area (Å²) in [6, 6.07) is 4.13. The molecule has 1 saturated carbocycles. The minimum absolute atomic E-state index is 0.0502. The van der Waals surface area contributed by atoms with Gasteiger partial charge in [-0.15, -0.1) is 0 Å². The largest absolute Gasteiger partial charge is 0.492 e. The van der Waals surface area contributed by atoms with E-state index in [0.717, 1.165) is 45.2 Å². The van der Waals surface area contributed by atoms with E-state index < -0.39 is 0 Å². The van der Waals surface area contributed by atoms with Crippen LogP contribution in [-0.4, -0.2) is 41.9 Å². The molecule has 4 rings (SSSR count). The van der Waals surface area contributed by atoms with Gasteiger partial charge < -0.3 is 15.0 Å². The van der Waals surface area contributed by atoms with Crippen molar-refractivity contribution in [3.63, 3.8) is 0 Å². The highest BCUT2D eigenvalue weighted by Crippen LogP contribution is 2.45. The molecule has 2 aliphatic heterocycles. The molecule has 1 N–H and O–H groups in total. The fourth-order valence-corrected chi connectivity index (χ4v) is 4.74. The zero-order chi connectivity index (χ0) is 19.0. The maximum Gasteiger partial charge on any atom is 0.225 e. The Balaban J connectivity index is 1.21. The number of halogens is 2. The number of hydrogen-bond donors (Lipinski definition) is 1. The number of benzene rings is 1. The number of nitrogens with one attached hydrogen (secondary N) is 1. The Bertz CT molecular complexity index is 743. The molecule has 5 nitrogen and oxygen atoms in total. The van der Waals surface area contributed by atoms with Gasteiger partial charge in [0, 0.05) is 31.0 Å². The van der Waals surface area contributed by atoms with Gasteiger partial charge in [-0.3, -0.25) is 9.59 Å². The number of ether oxygens (including phenoxy) is 1. The third kappa shape index (κ3) is 3.91. The summed E-state index contributed by atoms with van der Waals surface area (Å²) in [5, 5.41) is 3.32. The molecule has 2 heterocycles. The van der Waals surface area contributed by atoms with E-state index in [1.807, 2.05) is 4.90 Å². The first-order valence-electron chi connectivity index (χ1n) is 9.62. The minimum Gasteiger partial charge on any atom is -0.492 e. The lowest BCUT2D eigenvalue weighted by molar-refractivity contribution is -0.143. The summed E-state index contributed by atoms with van der Waals surface area (Å²) >= 11 is 5.99. The van der Waals surface area contributed by atoms with Crippen LogP contribution in [0, 0.1) is 17.7 Å². The van der Waals surface area contributed by atoms with Crippen LogP contribution in [0.15, 0.2) is 18.2 Å². The number of amides is 2. The van der Waals surface area contributed by atoms with E-state index in [4.69, 9.17) is 16.3 Å². The molecule has 27 heavy (non-hydrogen) atoms. The zero-order valence-electron chi connectivity index (χ0n) is 15.2. The van der Waals surface area contributed by atoms with Crippen LogP contribution in [0.4, 0.5) is 4.39 Å². The van der Waals surface area contributed by atoms with Crippen molar-refractivity contribution >= 4 is 23.4 Å². The van der Waals surface area contributed by atoms with Crippen molar-refractivity contribution in [1.82, 2.24) is 10.2 Å². The van der Waals surface area contributed by atoms with Crippen LogP contribution in [0.2, 0.25) is 5.02 Å². The maximum atomic E-state index is 13.1. The van der Waals surface area contributed by atoms with Gasteiger partial charge in [-0.25, -0.2) is 4.39 Å². The van der Waals surface area contributed by atoms with Gasteiger partial charge in [-0.1, -0.05) is 11.6 Å². The highest BCUT2D eigenvalue weighted by molar-refractivity contribution is 6.32. The number of carbonyl (C=O) groups is 2. The average molecular weight is 395 g/mol. The molecule has 0 radical (unpaired) electrons. The monoisotopic (exact) mass is 394 g/mol. The Morgan fingerprint density at radius 2 is 2.07 bits per heavy atom. The third-order valence-electron chi connectivity index (χ3n) is 6.15. The first-order valence-corrected chi connectivity index (χ1v) is 10.00. The van der Waals surface area contributed by atoms with E-state index in [9.17, 15) is 14.0 Å². The third-order valence-corrected chi connectivity index (χ3v) is 6.45. The molecule has 3 fully saturated rings. The van der Waals surface area contributed by atoms with Gasteiger partial charge in [-0.05, 0) is 56.2 Å². The molecular weight excluding hydrogens is 371 g/mol. The van der Waals surface area contributed by atoms with E-state index in [-0.39, 0.29) is 34.1 Å². The predicted molar refractivity (Wildman–Crippen MR) is 99.0 cm³/mol. The van der Waals surface area contributed by atoms with Crippen LogP contribution in [0.1, 0.15) is 38.5 Å². The molecule has 2 amide bonds. The van der Waals surface area contributed by atoms with Crippen LogP contribution >= 0.6 is 11.6 Å². The molecule has 146 valence electrons. The SMILES string of the molecule is O=C1CCC2(CC(C(=O)N3CCC(COc4ccc(F)cc4Cl)CC3)C2)N1. The lowest BCUT2D eigenvalue weighted by Gasteiger charge is -2.46. The van der Waals surface area contributed by atoms with Crippen molar-refractivity contribution in [2.45, 2.75) is 44.1 Å². The second kappa shape index (κ2) is 7.30. The number of hydrogen-bond acceptors (Lipinski definition) is 3. The normalized spacial score (nSPS) is 28.1. The molecular formula is C20H24ClFN2O3. The highest BCUT2D eigenvalue weighted by Gasteiger charge is 2.51. The van der Waals surface area contributed by atoms with E-state index in [0.29, 0.717) is 24.7 Å². The Morgan fingerprint density at radius 1 is 1.33 bits per heavy atom. The summed E-state index contributed by atoms with van der Waals surface area (Å²) in [5.74, 6) is 0.862. The number of likely N-dealkylation sites (tertiary alicyclic amines) is 1. The highest BCUT2D eigenvalue weighted by atomic mass is 35.5. The molecule has 7 heteroatoms. The average Bonchev–Trinajstić information content (AvgIpc) is 3.02. The maximum absolute atomic E-state index is 13.1. The Hall–Kier alpha value is -1.82. The van der Waals surface area contributed by atoms with E-state index >= 15 is 0 Å². The van der Waals surface area contributed by atoms with Crippen molar-refractivity contribution in [3.05, 3.63) is 29.0 Å². The summed E-state index contributed by atoms with van der Waals surface area (Å²) in [6.07, 6.45) is 4.79. The van der Waals surface area contributed by atoms with Crippen LogP contribution < -0.4 is 10.1 Å². The quantitative estimate of drug-likeness (QED) is 0.853. The van der Waals surface area contributed by atoms with Gasteiger partial charge in [0.1, 0.15) is 11.6 Å². The summed E-state index contributed by atoms with van der Waals surface area (Å²) in [7, 11) is 0. The summed E-state index contributed by atoms with van der Waals surface area (Å²) in [6.45, 7) is 1.99. The van der Waals surface area contributed by atoms with Crippen LogP contribution in [0.25, 0.3) is 0 Å². The molecule has 3 aliphatic rings. The van der Waals surface area contributed by atoms with Gasteiger partial charge in [-0.2, -0.15) is 0 Å². The van der Waals surface area contributed by atoms with Gasteiger partial charge in [0.05, 0.1) is 11.6 Å². The van der Waals surface area contributed by atoms with Crippen molar-refractivity contribution in [3.8, 4) is 5.75 Å². The number of rotatable bonds is 4. The molecule has 2 saturated heterocycles.